The summed E-state index contributed by atoms with van der Waals surface area (Å²) in [5.41, 5.74) is 0.375. The molecule has 1 aromatic rings. The molecule has 0 heterocycles. The molecule has 0 spiro atoms. The number of ether oxygens (including phenoxy) is 4. The molecule has 1 rings (SSSR count). The molecule has 0 N–H and O–H groups in total. The van der Waals surface area contributed by atoms with E-state index in [0.29, 0.717) is 42.6 Å². The summed E-state index contributed by atoms with van der Waals surface area (Å²) in [6.07, 6.45) is 1.96. The standard InChI is InChI=1S/C17H27NO5/c1-6-7-9-22-16-14(20-4)11-13(12-15(16)21-5)17(19)23-10-8-18(2)3/h11-12H,6-10H2,1-5H3. The second-order valence-electron chi connectivity index (χ2n) is 5.35. The van der Waals surface area contributed by atoms with Gasteiger partial charge >= 0.3 is 5.97 Å². The molecule has 0 unspecified atom stereocenters. The highest BCUT2D eigenvalue weighted by Crippen LogP contribution is 2.38. The number of nitrogens with zero attached hydrogens (tertiary/aromatic N) is 1. The first-order valence-electron chi connectivity index (χ1n) is 7.74. The first-order chi connectivity index (χ1) is 11.0. The Bertz CT molecular complexity index is 477. The highest BCUT2D eigenvalue weighted by atomic mass is 16.5. The largest absolute Gasteiger partial charge is 0.493 e. The van der Waals surface area contributed by atoms with E-state index in [-0.39, 0.29) is 0 Å². The van der Waals surface area contributed by atoms with Crippen LogP contribution < -0.4 is 14.2 Å². The second-order valence-corrected chi connectivity index (χ2v) is 5.35. The van der Waals surface area contributed by atoms with Crippen molar-refractivity contribution < 1.29 is 23.7 Å². The summed E-state index contributed by atoms with van der Waals surface area (Å²) in [5, 5.41) is 0. The van der Waals surface area contributed by atoms with E-state index in [0.717, 1.165) is 12.8 Å². The average molecular weight is 325 g/mol. The molecule has 0 radical (unpaired) electrons. The van der Waals surface area contributed by atoms with Crippen LogP contribution in [-0.2, 0) is 4.74 Å². The molecule has 0 aromatic heterocycles. The SMILES string of the molecule is CCCCOc1c(OC)cc(C(=O)OCCN(C)C)cc1OC. The molecule has 0 aliphatic rings. The quantitative estimate of drug-likeness (QED) is 0.487. The number of benzene rings is 1. The fourth-order valence-electron chi connectivity index (χ4n) is 1.86. The fourth-order valence-corrected chi connectivity index (χ4v) is 1.86. The smallest absolute Gasteiger partial charge is 0.338 e. The lowest BCUT2D eigenvalue weighted by Gasteiger charge is -2.16. The van der Waals surface area contributed by atoms with Gasteiger partial charge in [0.15, 0.2) is 11.5 Å². The summed E-state index contributed by atoms with van der Waals surface area (Å²) >= 11 is 0. The summed E-state index contributed by atoms with van der Waals surface area (Å²) in [7, 11) is 6.90. The number of rotatable bonds is 10. The van der Waals surface area contributed by atoms with Crippen molar-refractivity contribution in [1.29, 1.82) is 0 Å². The van der Waals surface area contributed by atoms with Crippen LogP contribution in [0.5, 0.6) is 17.2 Å². The number of esters is 1. The highest BCUT2D eigenvalue weighted by Gasteiger charge is 2.18. The van der Waals surface area contributed by atoms with Crippen LogP contribution in [-0.4, -0.2) is 58.9 Å². The lowest BCUT2D eigenvalue weighted by atomic mass is 10.2. The van der Waals surface area contributed by atoms with Crippen LogP contribution in [0.4, 0.5) is 0 Å². The van der Waals surface area contributed by atoms with Gasteiger partial charge in [0.25, 0.3) is 0 Å². The lowest BCUT2D eigenvalue weighted by Crippen LogP contribution is -2.20. The Labute approximate surface area is 138 Å². The second kappa shape index (κ2) is 9.94. The molecule has 6 heteroatoms. The van der Waals surface area contributed by atoms with Crippen molar-refractivity contribution in [2.24, 2.45) is 0 Å². The van der Waals surface area contributed by atoms with Crippen molar-refractivity contribution in [2.75, 3.05) is 48.1 Å². The van der Waals surface area contributed by atoms with Crippen LogP contribution in [0.1, 0.15) is 30.1 Å². The summed E-state index contributed by atoms with van der Waals surface area (Å²) in [6.45, 7) is 3.64. The molecular formula is C17H27NO5. The molecule has 0 saturated carbocycles. The molecule has 0 bridgehead atoms. The van der Waals surface area contributed by atoms with Crippen LogP contribution in [0, 0.1) is 0 Å². The molecule has 1 aromatic carbocycles. The number of methoxy groups -OCH3 is 2. The zero-order chi connectivity index (χ0) is 17.2. The maximum Gasteiger partial charge on any atom is 0.338 e. The Morgan fingerprint density at radius 3 is 2.17 bits per heavy atom. The first kappa shape index (κ1) is 19.1. The maximum atomic E-state index is 12.1. The summed E-state index contributed by atoms with van der Waals surface area (Å²) in [4.78, 5) is 14.1. The lowest BCUT2D eigenvalue weighted by molar-refractivity contribution is 0.0481. The molecule has 23 heavy (non-hydrogen) atoms. The number of hydrogen-bond acceptors (Lipinski definition) is 6. The fraction of sp³-hybridized carbons (Fsp3) is 0.588. The van der Waals surface area contributed by atoms with E-state index in [9.17, 15) is 4.79 Å². The first-order valence-corrected chi connectivity index (χ1v) is 7.74. The average Bonchev–Trinajstić information content (AvgIpc) is 2.54. The van der Waals surface area contributed by atoms with Crippen molar-refractivity contribution in [3.8, 4) is 17.2 Å². The molecular weight excluding hydrogens is 298 g/mol. The van der Waals surface area contributed by atoms with E-state index < -0.39 is 5.97 Å². The molecule has 0 amide bonds. The van der Waals surface area contributed by atoms with Gasteiger partial charge in [0, 0.05) is 6.54 Å². The van der Waals surface area contributed by atoms with Gasteiger partial charge in [0.05, 0.1) is 26.4 Å². The van der Waals surface area contributed by atoms with Crippen LogP contribution >= 0.6 is 0 Å². The highest BCUT2D eigenvalue weighted by molar-refractivity contribution is 5.91. The normalized spacial score (nSPS) is 10.5. The van der Waals surface area contributed by atoms with Crippen molar-refractivity contribution in [3.63, 3.8) is 0 Å². The van der Waals surface area contributed by atoms with E-state index in [1.165, 1.54) is 14.2 Å². The number of carbonyl (C=O) groups excluding carboxylic acids is 1. The third kappa shape index (κ3) is 5.98. The predicted molar refractivity (Wildman–Crippen MR) is 88.8 cm³/mol. The van der Waals surface area contributed by atoms with Gasteiger partial charge in [-0.3, -0.25) is 0 Å². The van der Waals surface area contributed by atoms with Crippen molar-refractivity contribution in [3.05, 3.63) is 17.7 Å². The minimum atomic E-state index is -0.413. The van der Waals surface area contributed by atoms with Crippen molar-refractivity contribution in [2.45, 2.75) is 19.8 Å². The van der Waals surface area contributed by atoms with Gasteiger partial charge in [-0.05, 0) is 32.6 Å². The van der Waals surface area contributed by atoms with Gasteiger partial charge in [-0.2, -0.15) is 0 Å². The van der Waals surface area contributed by atoms with Crippen LogP contribution in [0.2, 0.25) is 0 Å². The van der Waals surface area contributed by atoms with Gasteiger partial charge in [-0.25, -0.2) is 4.79 Å². The Kier molecular flexibility index (Phi) is 8.26. The van der Waals surface area contributed by atoms with E-state index in [4.69, 9.17) is 18.9 Å². The van der Waals surface area contributed by atoms with E-state index >= 15 is 0 Å². The Morgan fingerprint density at radius 2 is 1.70 bits per heavy atom. The zero-order valence-electron chi connectivity index (χ0n) is 14.7. The third-order valence-electron chi connectivity index (χ3n) is 3.21. The molecule has 6 nitrogen and oxygen atoms in total. The Hall–Kier alpha value is -1.95. The van der Waals surface area contributed by atoms with E-state index in [1.807, 2.05) is 19.0 Å². The number of unbranched alkanes of at least 4 members (excludes halogenated alkanes) is 1. The molecule has 0 aliphatic heterocycles. The minimum absolute atomic E-state index is 0.325. The van der Waals surface area contributed by atoms with E-state index in [1.54, 1.807) is 12.1 Å². The summed E-state index contributed by atoms with van der Waals surface area (Å²) < 4.78 is 21.6. The molecule has 130 valence electrons. The van der Waals surface area contributed by atoms with Crippen LogP contribution in [0.15, 0.2) is 12.1 Å². The number of likely N-dealkylation sites (N-methyl/N-ethyl adjacent to an activating group) is 1. The van der Waals surface area contributed by atoms with Gasteiger partial charge in [-0.1, -0.05) is 13.3 Å². The Morgan fingerprint density at radius 1 is 1.09 bits per heavy atom. The number of carbonyl (C=O) groups is 1. The molecule has 0 saturated heterocycles. The molecule has 0 atom stereocenters. The van der Waals surface area contributed by atoms with Crippen molar-refractivity contribution in [1.82, 2.24) is 4.90 Å². The van der Waals surface area contributed by atoms with Gasteiger partial charge < -0.3 is 23.8 Å². The maximum absolute atomic E-state index is 12.1. The summed E-state index contributed by atoms with van der Waals surface area (Å²) in [5.74, 6) is 1.01. The van der Waals surface area contributed by atoms with E-state index in [2.05, 4.69) is 6.92 Å². The van der Waals surface area contributed by atoms with Crippen molar-refractivity contribution >= 4 is 5.97 Å². The predicted octanol–water partition coefficient (Wildman–Crippen LogP) is 2.60. The number of hydrogen-bond donors (Lipinski definition) is 0. The molecule has 0 fully saturated rings. The van der Waals surface area contributed by atoms with Crippen LogP contribution in [0.25, 0.3) is 0 Å². The Balaban J connectivity index is 2.91. The third-order valence-corrected chi connectivity index (χ3v) is 3.21. The van der Waals surface area contributed by atoms with Crippen LogP contribution in [0.3, 0.4) is 0 Å². The zero-order valence-corrected chi connectivity index (χ0v) is 14.7. The van der Waals surface area contributed by atoms with Gasteiger partial charge in [-0.15, -0.1) is 0 Å². The molecule has 0 aliphatic carbocycles. The minimum Gasteiger partial charge on any atom is -0.493 e. The monoisotopic (exact) mass is 325 g/mol. The van der Waals surface area contributed by atoms with Gasteiger partial charge in [0.2, 0.25) is 5.75 Å². The topological polar surface area (TPSA) is 57.2 Å². The summed E-state index contributed by atoms with van der Waals surface area (Å²) in [6, 6.07) is 3.23. The van der Waals surface area contributed by atoms with Gasteiger partial charge in [0.1, 0.15) is 6.61 Å².